The van der Waals surface area contributed by atoms with Crippen molar-refractivity contribution in [3.8, 4) is 22.9 Å². The quantitative estimate of drug-likeness (QED) is 0.184. The number of hydrogen-bond acceptors (Lipinski definition) is 8. The highest BCUT2D eigenvalue weighted by Gasteiger charge is 2.28. The summed E-state index contributed by atoms with van der Waals surface area (Å²) in [4.78, 5) is 32.6. The average Bonchev–Trinajstić information content (AvgIpc) is 3.06. The molecule has 5 aromatic rings. The molecule has 3 aromatic heterocycles. The number of ether oxygens (including phenoxy) is 2. The molecule has 1 aliphatic heterocycles. The van der Waals surface area contributed by atoms with Crippen molar-refractivity contribution in [3.05, 3.63) is 102 Å². The van der Waals surface area contributed by atoms with Crippen LogP contribution < -0.4 is 10.1 Å². The number of nitrogens with zero attached hydrogens (tertiary/aromatic N) is 5. The number of halogens is 1. The molecule has 2 aromatic carbocycles. The molecular weight excluding hydrogens is 595 g/mol. The molecule has 0 unspecified atom stereocenters. The van der Waals surface area contributed by atoms with Crippen molar-refractivity contribution in [2.45, 2.75) is 65.0 Å². The minimum atomic E-state index is -0.554. The Labute approximate surface area is 274 Å². The van der Waals surface area contributed by atoms with Gasteiger partial charge in [-0.15, -0.1) is 0 Å². The van der Waals surface area contributed by atoms with Gasteiger partial charge in [0.1, 0.15) is 17.2 Å². The van der Waals surface area contributed by atoms with Crippen molar-refractivity contribution in [3.63, 3.8) is 0 Å². The van der Waals surface area contributed by atoms with Crippen LogP contribution in [0, 0.1) is 12.7 Å². The summed E-state index contributed by atoms with van der Waals surface area (Å²) in [6, 6.07) is 18.4. The molecule has 242 valence electrons. The molecule has 0 spiro atoms. The molecule has 1 fully saturated rings. The number of rotatable bonds is 8. The lowest BCUT2D eigenvalue weighted by atomic mass is 9.97. The lowest BCUT2D eigenvalue weighted by Crippen LogP contribution is -2.47. The number of anilines is 1. The Balaban J connectivity index is 1.24. The molecule has 0 saturated carbocycles. The van der Waals surface area contributed by atoms with Gasteiger partial charge < -0.3 is 19.7 Å². The molecule has 1 aliphatic rings. The van der Waals surface area contributed by atoms with Gasteiger partial charge in [0.25, 0.3) is 0 Å². The van der Waals surface area contributed by atoms with Gasteiger partial charge in [-0.3, -0.25) is 4.98 Å². The van der Waals surface area contributed by atoms with Gasteiger partial charge in [0.05, 0.1) is 11.3 Å². The lowest BCUT2D eigenvalue weighted by molar-refractivity contribution is 0.0206. The third-order valence-corrected chi connectivity index (χ3v) is 8.07. The van der Waals surface area contributed by atoms with Gasteiger partial charge in [0.15, 0.2) is 0 Å². The fourth-order valence-corrected chi connectivity index (χ4v) is 5.82. The number of carbonyl (C=O) groups excluding carboxylic acids is 1. The standard InChI is InChI=1S/C37H39FN6O3/c1-24-12-14-27-28(15-13-25-9-5-6-19-39-25)31(38)17-16-29(27)33(24)46-34-30(11-7-20-40-34)32-18-21-41-35(43-32)42-26-10-8-22-44(23-26)36(45)47-37(2,3)4/h5-7,9,11-12,14,16-21,26H,8,10,13,15,22-23H2,1-4H3,(H,41,42,43)/t26-/m0/s1. The summed E-state index contributed by atoms with van der Waals surface area (Å²) in [7, 11) is 0. The molecule has 0 bridgehead atoms. The third kappa shape index (κ3) is 7.65. The van der Waals surface area contributed by atoms with Crippen LogP contribution in [0.5, 0.6) is 11.6 Å². The van der Waals surface area contributed by atoms with Gasteiger partial charge in [-0.25, -0.2) is 24.1 Å². The van der Waals surface area contributed by atoms with Crippen molar-refractivity contribution in [1.29, 1.82) is 0 Å². The summed E-state index contributed by atoms with van der Waals surface area (Å²) in [6.07, 6.45) is 7.64. The van der Waals surface area contributed by atoms with Crippen molar-refractivity contribution in [2.24, 2.45) is 0 Å². The Kier molecular flexibility index (Phi) is 9.29. The summed E-state index contributed by atoms with van der Waals surface area (Å²) < 4.78 is 27.3. The van der Waals surface area contributed by atoms with E-state index < -0.39 is 5.60 Å². The number of hydrogen-bond donors (Lipinski definition) is 1. The van der Waals surface area contributed by atoms with Crippen LogP contribution in [0.4, 0.5) is 15.1 Å². The first kappa shape index (κ1) is 31.8. The smallest absolute Gasteiger partial charge is 0.410 e. The minimum absolute atomic E-state index is 0.0262. The van der Waals surface area contributed by atoms with Crippen molar-refractivity contribution in [1.82, 2.24) is 24.8 Å². The predicted molar refractivity (Wildman–Crippen MR) is 180 cm³/mol. The zero-order valence-electron chi connectivity index (χ0n) is 27.2. The number of nitrogens with one attached hydrogen (secondary N) is 1. The first-order valence-electron chi connectivity index (χ1n) is 16.0. The Hall–Kier alpha value is -5.12. The summed E-state index contributed by atoms with van der Waals surface area (Å²) in [5.41, 5.74) is 3.19. The Bertz CT molecular complexity index is 1880. The van der Waals surface area contributed by atoms with Crippen LogP contribution >= 0.6 is 0 Å². The Morgan fingerprint density at radius 1 is 0.957 bits per heavy atom. The summed E-state index contributed by atoms with van der Waals surface area (Å²) in [5, 5.41) is 5.00. The number of pyridine rings is 2. The molecule has 1 amide bonds. The molecule has 1 N–H and O–H groups in total. The van der Waals surface area contributed by atoms with Crippen LogP contribution in [-0.4, -0.2) is 55.7 Å². The van der Waals surface area contributed by atoms with Crippen LogP contribution in [0.15, 0.2) is 79.3 Å². The van der Waals surface area contributed by atoms with E-state index in [1.807, 2.05) is 76.2 Å². The second kappa shape index (κ2) is 13.7. The number of amides is 1. The highest BCUT2D eigenvalue weighted by Crippen LogP contribution is 2.38. The van der Waals surface area contributed by atoms with Gasteiger partial charge in [-0.05, 0) is 112 Å². The van der Waals surface area contributed by atoms with Crippen LogP contribution in [0.3, 0.4) is 0 Å². The van der Waals surface area contributed by atoms with Crippen LogP contribution in [-0.2, 0) is 17.6 Å². The number of benzene rings is 2. The van der Waals surface area contributed by atoms with Gasteiger partial charge in [0.2, 0.25) is 11.8 Å². The van der Waals surface area contributed by atoms with E-state index in [1.165, 1.54) is 6.07 Å². The van der Waals surface area contributed by atoms with E-state index in [-0.39, 0.29) is 18.0 Å². The largest absolute Gasteiger partial charge is 0.444 e. The highest BCUT2D eigenvalue weighted by atomic mass is 19.1. The van der Waals surface area contributed by atoms with Crippen molar-refractivity contribution >= 4 is 22.8 Å². The third-order valence-electron chi connectivity index (χ3n) is 8.07. The number of likely N-dealkylation sites (tertiary alicyclic amines) is 1. The topological polar surface area (TPSA) is 102 Å². The Morgan fingerprint density at radius 3 is 2.60 bits per heavy atom. The van der Waals surface area contributed by atoms with Gasteiger partial charge in [0, 0.05) is 48.8 Å². The SMILES string of the molecule is Cc1ccc2c(CCc3ccccn3)c(F)ccc2c1Oc1ncccc1-c1ccnc(N[C@H]2CCCN(C(=O)OC(C)(C)C)C2)n1. The second-order valence-corrected chi connectivity index (χ2v) is 12.8. The second-order valence-electron chi connectivity index (χ2n) is 12.8. The van der Waals surface area contributed by atoms with Crippen LogP contribution in [0.1, 0.15) is 50.4 Å². The average molecular weight is 635 g/mol. The van der Waals surface area contributed by atoms with Crippen molar-refractivity contribution in [2.75, 3.05) is 18.4 Å². The number of aromatic nitrogens is 4. The highest BCUT2D eigenvalue weighted by molar-refractivity contribution is 5.92. The first-order valence-corrected chi connectivity index (χ1v) is 16.0. The van der Waals surface area contributed by atoms with E-state index in [0.29, 0.717) is 60.3 Å². The molecule has 1 saturated heterocycles. The molecule has 0 aliphatic carbocycles. The van der Waals surface area contributed by atoms with Crippen molar-refractivity contribution < 1.29 is 18.7 Å². The van der Waals surface area contributed by atoms with Gasteiger partial charge in [-0.1, -0.05) is 18.2 Å². The zero-order valence-corrected chi connectivity index (χ0v) is 27.2. The molecule has 4 heterocycles. The first-order chi connectivity index (χ1) is 22.6. The molecule has 0 radical (unpaired) electrons. The molecule has 6 rings (SSSR count). The van der Waals surface area contributed by atoms with Gasteiger partial charge >= 0.3 is 6.09 Å². The van der Waals surface area contributed by atoms with E-state index in [4.69, 9.17) is 14.5 Å². The fraction of sp³-hybridized carbons (Fsp3) is 0.324. The zero-order chi connectivity index (χ0) is 33.0. The maximum atomic E-state index is 15.2. The molecular formula is C37H39FN6O3. The molecule has 1 atom stereocenters. The number of carbonyl (C=O) groups is 1. The van der Waals surface area contributed by atoms with E-state index >= 15 is 4.39 Å². The van der Waals surface area contributed by atoms with E-state index in [2.05, 4.69) is 20.3 Å². The normalized spacial score (nSPS) is 15.0. The summed E-state index contributed by atoms with van der Waals surface area (Å²) in [5.74, 6) is 1.18. The molecule has 47 heavy (non-hydrogen) atoms. The maximum Gasteiger partial charge on any atom is 0.410 e. The minimum Gasteiger partial charge on any atom is -0.444 e. The van der Waals surface area contributed by atoms with E-state index in [9.17, 15) is 4.79 Å². The number of aryl methyl sites for hydroxylation is 3. The summed E-state index contributed by atoms with van der Waals surface area (Å²) in [6.45, 7) is 8.70. The molecule has 10 heteroatoms. The fourth-order valence-electron chi connectivity index (χ4n) is 5.82. The summed E-state index contributed by atoms with van der Waals surface area (Å²) >= 11 is 0. The maximum absolute atomic E-state index is 15.2. The lowest BCUT2D eigenvalue weighted by Gasteiger charge is -2.34. The number of fused-ring (bicyclic) bond motifs is 1. The molecule has 9 nitrogen and oxygen atoms in total. The number of piperidine rings is 1. The predicted octanol–water partition coefficient (Wildman–Crippen LogP) is 7.92. The Morgan fingerprint density at radius 2 is 1.79 bits per heavy atom. The van der Waals surface area contributed by atoms with Crippen LogP contribution in [0.25, 0.3) is 22.0 Å². The van der Waals surface area contributed by atoms with E-state index in [1.54, 1.807) is 29.6 Å². The van der Waals surface area contributed by atoms with Gasteiger partial charge in [-0.2, -0.15) is 0 Å². The van der Waals surface area contributed by atoms with Crippen LogP contribution in [0.2, 0.25) is 0 Å². The monoisotopic (exact) mass is 634 g/mol. The van der Waals surface area contributed by atoms with E-state index in [0.717, 1.165) is 34.9 Å².